The third-order valence-corrected chi connectivity index (χ3v) is 5.31. The van der Waals surface area contributed by atoms with Gasteiger partial charge in [-0.3, -0.25) is 9.89 Å². The Bertz CT molecular complexity index is 763. The second-order valence-electron chi connectivity index (χ2n) is 7.09. The van der Waals surface area contributed by atoms with E-state index >= 15 is 0 Å². The van der Waals surface area contributed by atoms with Gasteiger partial charge in [0.2, 0.25) is 0 Å². The molecule has 6 heteroatoms. The summed E-state index contributed by atoms with van der Waals surface area (Å²) in [5.41, 5.74) is 4.50. The first kappa shape index (κ1) is 16.1. The number of aryl methyl sites for hydroxylation is 1. The Kier molecular flexibility index (Phi) is 4.42. The smallest absolute Gasteiger partial charge is 0.254 e. The van der Waals surface area contributed by atoms with Crippen LogP contribution in [0.15, 0.2) is 18.3 Å². The Hall–Kier alpha value is -2.37. The maximum atomic E-state index is 12.6. The topological polar surface area (TPSA) is 65.1 Å². The van der Waals surface area contributed by atoms with Gasteiger partial charge in [0.15, 0.2) is 0 Å². The van der Waals surface area contributed by atoms with Crippen molar-refractivity contribution in [3.63, 3.8) is 0 Å². The molecule has 0 bridgehead atoms. The number of nitrogens with zero attached hydrogens (tertiary/aromatic N) is 4. The second-order valence-corrected chi connectivity index (χ2v) is 7.09. The molecule has 1 amide bonds. The molecular weight excluding hydrogens is 314 g/mol. The lowest BCUT2D eigenvalue weighted by Gasteiger charge is -2.20. The largest absolute Gasteiger partial charge is 0.354 e. The molecule has 0 radical (unpaired) electrons. The average Bonchev–Trinajstić information content (AvgIpc) is 3.32. The monoisotopic (exact) mass is 339 g/mol. The molecule has 2 aromatic heterocycles. The van der Waals surface area contributed by atoms with Gasteiger partial charge < -0.3 is 9.80 Å². The summed E-state index contributed by atoms with van der Waals surface area (Å²) in [6, 6.07) is 3.72. The highest BCUT2D eigenvalue weighted by atomic mass is 16.2. The summed E-state index contributed by atoms with van der Waals surface area (Å²) in [4.78, 5) is 21.1. The molecule has 1 fully saturated rings. The van der Waals surface area contributed by atoms with Crippen LogP contribution >= 0.6 is 0 Å². The molecule has 1 aliphatic heterocycles. The number of aromatic nitrogens is 3. The summed E-state index contributed by atoms with van der Waals surface area (Å²) < 4.78 is 0. The van der Waals surface area contributed by atoms with Crippen LogP contribution in [-0.2, 0) is 19.4 Å². The van der Waals surface area contributed by atoms with Gasteiger partial charge in [0.25, 0.3) is 5.91 Å². The SMILES string of the molecule is CN(Cc1n[nH]c2c1CCCC2)c1cc(C(=O)N2CCCC2)ccn1. The molecule has 0 aromatic carbocycles. The van der Waals surface area contributed by atoms with Gasteiger partial charge in [-0.1, -0.05) is 0 Å². The Balaban J connectivity index is 1.50. The highest BCUT2D eigenvalue weighted by Crippen LogP contribution is 2.24. The van der Waals surface area contributed by atoms with Crippen molar-refractivity contribution < 1.29 is 4.79 Å². The minimum absolute atomic E-state index is 0.117. The molecule has 25 heavy (non-hydrogen) atoms. The number of fused-ring (bicyclic) bond motifs is 1. The lowest BCUT2D eigenvalue weighted by molar-refractivity contribution is 0.0792. The molecule has 2 aliphatic rings. The number of pyridine rings is 1. The van der Waals surface area contributed by atoms with E-state index in [4.69, 9.17) is 0 Å². The number of nitrogens with one attached hydrogen (secondary N) is 1. The molecule has 1 saturated heterocycles. The first-order valence-corrected chi connectivity index (χ1v) is 9.24. The van der Waals surface area contributed by atoms with Gasteiger partial charge in [-0.15, -0.1) is 0 Å². The number of carbonyl (C=O) groups excluding carboxylic acids is 1. The summed E-state index contributed by atoms with van der Waals surface area (Å²) in [7, 11) is 2.01. The van der Waals surface area contributed by atoms with E-state index in [0.717, 1.165) is 55.8 Å². The van der Waals surface area contributed by atoms with Gasteiger partial charge in [0, 0.05) is 37.6 Å². The number of rotatable bonds is 4. The van der Waals surface area contributed by atoms with Crippen molar-refractivity contribution in [3.8, 4) is 0 Å². The molecule has 132 valence electrons. The van der Waals surface area contributed by atoms with Crippen LogP contribution in [0.2, 0.25) is 0 Å². The van der Waals surface area contributed by atoms with Crippen molar-refractivity contribution in [2.45, 2.75) is 45.1 Å². The van der Waals surface area contributed by atoms with E-state index in [0.29, 0.717) is 6.54 Å². The quantitative estimate of drug-likeness (QED) is 0.930. The predicted octanol–water partition coefficient (Wildman–Crippen LogP) is 2.56. The molecule has 0 spiro atoms. The maximum absolute atomic E-state index is 12.6. The molecule has 0 saturated carbocycles. The van der Waals surface area contributed by atoms with Crippen LogP contribution in [0, 0.1) is 0 Å². The van der Waals surface area contributed by atoms with Crippen LogP contribution in [-0.4, -0.2) is 46.1 Å². The molecule has 0 atom stereocenters. The first-order chi connectivity index (χ1) is 12.2. The van der Waals surface area contributed by atoms with Crippen molar-refractivity contribution in [1.82, 2.24) is 20.1 Å². The predicted molar refractivity (Wildman–Crippen MR) is 96.7 cm³/mol. The fraction of sp³-hybridized carbons (Fsp3) is 0.526. The van der Waals surface area contributed by atoms with Crippen molar-refractivity contribution in [3.05, 3.63) is 40.8 Å². The highest BCUT2D eigenvalue weighted by Gasteiger charge is 2.21. The zero-order chi connectivity index (χ0) is 17.2. The lowest BCUT2D eigenvalue weighted by Crippen LogP contribution is -2.28. The summed E-state index contributed by atoms with van der Waals surface area (Å²) >= 11 is 0. The molecule has 3 heterocycles. The Morgan fingerprint density at radius 1 is 1.24 bits per heavy atom. The molecule has 6 nitrogen and oxygen atoms in total. The Morgan fingerprint density at radius 3 is 2.88 bits per heavy atom. The fourth-order valence-electron chi connectivity index (χ4n) is 3.85. The fourth-order valence-corrected chi connectivity index (χ4v) is 3.85. The summed E-state index contributed by atoms with van der Waals surface area (Å²) in [5, 5.41) is 7.71. The van der Waals surface area contributed by atoms with E-state index in [1.807, 2.05) is 24.1 Å². The van der Waals surface area contributed by atoms with Gasteiger partial charge in [-0.05, 0) is 56.2 Å². The van der Waals surface area contributed by atoms with Gasteiger partial charge >= 0.3 is 0 Å². The number of hydrogen-bond acceptors (Lipinski definition) is 4. The highest BCUT2D eigenvalue weighted by molar-refractivity contribution is 5.95. The zero-order valence-corrected chi connectivity index (χ0v) is 14.8. The molecule has 1 aliphatic carbocycles. The maximum Gasteiger partial charge on any atom is 0.254 e. The van der Waals surface area contributed by atoms with Gasteiger partial charge in [-0.25, -0.2) is 4.98 Å². The molecule has 4 rings (SSSR count). The zero-order valence-electron chi connectivity index (χ0n) is 14.8. The number of likely N-dealkylation sites (tertiary alicyclic amines) is 1. The standard InChI is InChI=1S/C19H25N5O/c1-23(13-17-15-6-2-3-7-16(15)21-22-17)18-12-14(8-9-20-18)19(25)24-10-4-5-11-24/h8-9,12H,2-7,10-11,13H2,1H3,(H,21,22). The van der Waals surface area contributed by atoms with Crippen LogP contribution in [0.5, 0.6) is 0 Å². The normalized spacial score (nSPS) is 16.8. The van der Waals surface area contributed by atoms with Gasteiger partial charge in [0.1, 0.15) is 5.82 Å². The summed E-state index contributed by atoms with van der Waals surface area (Å²) in [5.74, 6) is 0.935. The minimum atomic E-state index is 0.117. The van der Waals surface area contributed by atoms with Gasteiger partial charge in [0.05, 0.1) is 12.2 Å². The Morgan fingerprint density at radius 2 is 2.04 bits per heavy atom. The average molecular weight is 339 g/mol. The number of amides is 1. The molecular formula is C19H25N5O. The van der Waals surface area contributed by atoms with Crippen molar-refractivity contribution in [2.75, 3.05) is 25.0 Å². The van der Waals surface area contributed by atoms with E-state index in [1.165, 1.54) is 24.1 Å². The van der Waals surface area contributed by atoms with Crippen molar-refractivity contribution >= 4 is 11.7 Å². The molecule has 2 aromatic rings. The molecule has 1 N–H and O–H groups in total. The molecule has 0 unspecified atom stereocenters. The van der Waals surface area contributed by atoms with Crippen LogP contribution in [0.3, 0.4) is 0 Å². The number of aromatic amines is 1. The van der Waals surface area contributed by atoms with Crippen LogP contribution in [0.25, 0.3) is 0 Å². The summed E-state index contributed by atoms with van der Waals surface area (Å²) in [6.45, 7) is 2.44. The first-order valence-electron chi connectivity index (χ1n) is 9.24. The van der Waals surface area contributed by atoms with E-state index < -0.39 is 0 Å². The second kappa shape index (κ2) is 6.86. The van der Waals surface area contributed by atoms with Gasteiger partial charge in [-0.2, -0.15) is 5.10 Å². The van der Waals surface area contributed by atoms with E-state index in [-0.39, 0.29) is 5.91 Å². The number of hydrogen-bond donors (Lipinski definition) is 1. The third-order valence-electron chi connectivity index (χ3n) is 5.31. The van der Waals surface area contributed by atoms with Crippen LogP contribution in [0.1, 0.15) is 53.0 Å². The minimum Gasteiger partial charge on any atom is -0.354 e. The van der Waals surface area contributed by atoms with E-state index in [2.05, 4.69) is 20.1 Å². The van der Waals surface area contributed by atoms with Crippen LogP contribution < -0.4 is 4.90 Å². The van der Waals surface area contributed by atoms with E-state index in [1.54, 1.807) is 6.20 Å². The Labute approximate surface area is 148 Å². The summed E-state index contributed by atoms with van der Waals surface area (Å²) in [6.07, 6.45) is 8.63. The van der Waals surface area contributed by atoms with Crippen molar-refractivity contribution in [1.29, 1.82) is 0 Å². The number of anilines is 1. The lowest BCUT2D eigenvalue weighted by atomic mass is 9.96. The van der Waals surface area contributed by atoms with Crippen molar-refractivity contribution in [2.24, 2.45) is 0 Å². The third kappa shape index (κ3) is 3.25. The number of carbonyl (C=O) groups is 1. The number of H-pyrrole nitrogens is 1. The van der Waals surface area contributed by atoms with Crippen LogP contribution in [0.4, 0.5) is 5.82 Å². The van der Waals surface area contributed by atoms with E-state index in [9.17, 15) is 4.79 Å².